The number of carbonyl (C=O) groups is 2. The SMILES string of the molecule is CN[C@@H](C)C(=O)NCCC(N)=O. The molecule has 0 aliphatic rings. The van der Waals surface area contributed by atoms with E-state index in [4.69, 9.17) is 5.73 Å². The van der Waals surface area contributed by atoms with Gasteiger partial charge in [-0.15, -0.1) is 0 Å². The molecule has 0 radical (unpaired) electrons. The second-order valence-electron chi connectivity index (χ2n) is 2.52. The first-order valence-corrected chi connectivity index (χ1v) is 3.81. The van der Waals surface area contributed by atoms with E-state index in [9.17, 15) is 9.59 Å². The molecule has 0 aromatic rings. The topological polar surface area (TPSA) is 84.2 Å². The Labute approximate surface area is 71.7 Å². The molecule has 1 atom stereocenters. The molecule has 0 rings (SSSR count). The van der Waals surface area contributed by atoms with Gasteiger partial charge in [0.2, 0.25) is 11.8 Å². The summed E-state index contributed by atoms with van der Waals surface area (Å²) in [6.07, 6.45) is 0.183. The van der Waals surface area contributed by atoms with E-state index in [1.807, 2.05) is 0 Å². The molecule has 0 spiro atoms. The van der Waals surface area contributed by atoms with Crippen molar-refractivity contribution in [2.45, 2.75) is 19.4 Å². The smallest absolute Gasteiger partial charge is 0.236 e. The molecule has 0 saturated carbocycles. The lowest BCUT2D eigenvalue weighted by atomic mass is 10.3. The average Bonchev–Trinajstić information content (AvgIpc) is 2.02. The molecule has 2 amide bonds. The highest BCUT2D eigenvalue weighted by Crippen LogP contribution is 1.80. The van der Waals surface area contributed by atoms with Crippen LogP contribution in [0.25, 0.3) is 0 Å². The maximum absolute atomic E-state index is 11.0. The van der Waals surface area contributed by atoms with Crippen LogP contribution in [0.4, 0.5) is 0 Å². The van der Waals surface area contributed by atoms with E-state index in [0.29, 0.717) is 6.54 Å². The van der Waals surface area contributed by atoms with Crippen LogP contribution in [0.15, 0.2) is 0 Å². The molecule has 0 unspecified atom stereocenters. The van der Waals surface area contributed by atoms with Gasteiger partial charge < -0.3 is 16.4 Å². The zero-order valence-electron chi connectivity index (χ0n) is 7.39. The van der Waals surface area contributed by atoms with Gasteiger partial charge in [-0.1, -0.05) is 0 Å². The van der Waals surface area contributed by atoms with Crippen LogP contribution in [0.2, 0.25) is 0 Å². The van der Waals surface area contributed by atoms with E-state index < -0.39 is 5.91 Å². The van der Waals surface area contributed by atoms with Crippen LogP contribution in [-0.4, -0.2) is 31.4 Å². The summed E-state index contributed by atoms with van der Waals surface area (Å²) >= 11 is 0. The first kappa shape index (κ1) is 10.9. The third-order valence-electron chi connectivity index (χ3n) is 1.50. The molecule has 0 aliphatic heterocycles. The van der Waals surface area contributed by atoms with Gasteiger partial charge in [0.1, 0.15) is 0 Å². The normalized spacial score (nSPS) is 12.2. The van der Waals surface area contributed by atoms with Crippen molar-refractivity contribution in [1.29, 1.82) is 0 Å². The summed E-state index contributed by atoms with van der Waals surface area (Å²) in [5.74, 6) is -0.536. The standard InChI is InChI=1S/C7H15N3O2/c1-5(9-2)7(12)10-4-3-6(8)11/h5,9H,3-4H2,1-2H3,(H2,8,11)(H,10,12)/t5-/m0/s1. The summed E-state index contributed by atoms with van der Waals surface area (Å²) in [5.41, 5.74) is 4.88. The quantitative estimate of drug-likeness (QED) is 0.477. The van der Waals surface area contributed by atoms with Gasteiger partial charge in [0.05, 0.1) is 6.04 Å². The van der Waals surface area contributed by atoms with Crippen LogP contribution >= 0.6 is 0 Å². The van der Waals surface area contributed by atoms with Gasteiger partial charge in [-0.3, -0.25) is 9.59 Å². The third kappa shape index (κ3) is 4.68. The summed E-state index contributed by atoms with van der Waals surface area (Å²) in [5, 5.41) is 5.34. The van der Waals surface area contributed by atoms with E-state index in [0.717, 1.165) is 0 Å². The molecule has 5 heteroatoms. The van der Waals surface area contributed by atoms with Crippen molar-refractivity contribution in [3.05, 3.63) is 0 Å². The van der Waals surface area contributed by atoms with E-state index in [1.54, 1.807) is 14.0 Å². The van der Waals surface area contributed by atoms with Gasteiger partial charge in [0.25, 0.3) is 0 Å². The molecule has 0 aromatic carbocycles. The van der Waals surface area contributed by atoms with Gasteiger partial charge in [0.15, 0.2) is 0 Å². The molecule has 0 aromatic heterocycles. The fourth-order valence-electron chi connectivity index (χ4n) is 0.593. The molecular weight excluding hydrogens is 158 g/mol. The maximum atomic E-state index is 11.0. The van der Waals surface area contributed by atoms with Crippen molar-refractivity contribution in [2.24, 2.45) is 5.73 Å². The molecule has 0 heterocycles. The van der Waals surface area contributed by atoms with Crippen LogP contribution in [0.5, 0.6) is 0 Å². The van der Waals surface area contributed by atoms with Gasteiger partial charge >= 0.3 is 0 Å². The summed E-state index contributed by atoms with van der Waals surface area (Å²) < 4.78 is 0. The number of primary amides is 1. The molecule has 0 saturated heterocycles. The Kier molecular flexibility index (Phi) is 5.03. The zero-order valence-corrected chi connectivity index (χ0v) is 7.39. The van der Waals surface area contributed by atoms with Gasteiger partial charge in [-0.05, 0) is 14.0 Å². The first-order chi connectivity index (χ1) is 5.57. The lowest BCUT2D eigenvalue weighted by molar-refractivity contribution is -0.122. The van der Waals surface area contributed by atoms with E-state index in [-0.39, 0.29) is 18.4 Å². The average molecular weight is 173 g/mol. The molecule has 0 bridgehead atoms. The van der Waals surface area contributed by atoms with Crippen LogP contribution in [-0.2, 0) is 9.59 Å². The van der Waals surface area contributed by atoms with Crippen molar-refractivity contribution in [2.75, 3.05) is 13.6 Å². The molecule has 0 aliphatic carbocycles. The first-order valence-electron chi connectivity index (χ1n) is 3.81. The molecule has 5 nitrogen and oxygen atoms in total. The lowest BCUT2D eigenvalue weighted by Crippen LogP contribution is -2.41. The minimum Gasteiger partial charge on any atom is -0.370 e. The van der Waals surface area contributed by atoms with Gasteiger partial charge in [-0.25, -0.2) is 0 Å². The fraction of sp³-hybridized carbons (Fsp3) is 0.714. The van der Waals surface area contributed by atoms with Crippen molar-refractivity contribution in [1.82, 2.24) is 10.6 Å². The van der Waals surface area contributed by atoms with E-state index in [2.05, 4.69) is 10.6 Å². The predicted octanol–water partition coefficient (Wildman–Crippen LogP) is -1.41. The number of rotatable bonds is 5. The zero-order chi connectivity index (χ0) is 9.56. The lowest BCUT2D eigenvalue weighted by Gasteiger charge is -2.09. The highest BCUT2D eigenvalue weighted by molar-refractivity contribution is 5.82. The Hall–Kier alpha value is -1.10. The number of carbonyl (C=O) groups excluding carboxylic acids is 2. The second kappa shape index (κ2) is 5.54. The largest absolute Gasteiger partial charge is 0.370 e. The number of hydrogen-bond acceptors (Lipinski definition) is 3. The van der Waals surface area contributed by atoms with E-state index in [1.165, 1.54) is 0 Å². The molecule has 70 valence electrons. The number of nitrogens with two attached hydrogens (primary N) is 1. The van der Waals surface area contributed by atoms with Crippen molar-refractivity contribution in [3.63, 3.8) is 0 Å². The highest BCUT2D eigenvalue weighted by atomic mass is 16.2. The fourth-order valence-corrected chi connectivity index (χ4v) is 0.593. The molecule has 12 heavy (non-hydrogen) atoms. The van der Waals surface area contributed by atoms with E-state index >= 15 is 0 Å². The maximum Gasteiger partial charge on any atom is 0.236 e. The van der Waals surface area contributed by atoms with Crippen LogP contribution in [0.3, 0.4) is 0 Å². The monoisotopic (exact) mass is 173 g/mol. The number of likely N-dealkylation sites (N-methyl/N-ethyl adjacent to an activating group) is 1. The van der Waals surface area contributed by atoms with Crippen LogP contribution in [0.1, 0.15) is 13.3 Å². The Morgan fingerprint density at radius 2 is 2.08 bits per heavy atom. The summed E-state index contributed by atoms with van der Waals surface area (Å²) in [4.78, 5) is 21.3. The Morgan fingerprint density at radius 3 is 2.50 bits per heavy atom. The van der Waals surface area contributed by atoms with Crippen LogP contribution < -0.4 is 16.4 Å². The summed E-state index contributed by atoms with van der Waals surface area (Å²) in [6.45, 7) is 2.04. The minimum atomic E-state index is -0.410. The van der Waals surface area contributed by atoms with Crippen LogP contribution in [0, 0.1) is 0 Å². The number of nitrogens with one attached hydrogen (secondary N) is 2. The summed E-state index contributed by atoms with van der Waals surface area (Å²) in [7, 11) is 1.69. The Morgan fingerprint density at radius 1 is 1.50 bits per heavy atom. The Balaban J connectivity index is 3.50. The predicted molar refractivity (Wildman–Crippen MR) is 45.3 cm³/mol. The van der Waals surface area contributed by atoms with Crippen molar-refractivity contribution in [3.8, 4) is 0 Å². The highest BCUT2D eigenvalue weighted by Gasteiger charge is 2.08. The van der Waals surface area contributed by atoms with Crippen molar-refractivity contribution < 1.29 is 9.59 Å². The second-order valence-corrected chi connectivity index (χ2v) is 2.52. The molecule has 0 fully saturated rings. The molecular formula is C7H15N3O2. The molecule has 4 N–H and O–H groups in total. The number of hydrogen-bond donors (Lipinski definition) is 3. The Bertz CT molecular complexity index is 170. The van der Waals surface area contributed by atoms with Gasteiger partial charge in [0, 0.05) is 13.0 Å². The minimum absolute atomic E-state index is 0.126. The summed E-state index contributed by atoms with van der Waals surface area (Å²) in [6, 6.07) is -0.238. The van der Waals surface area contributed by atoms with Gasteiger partial charge in [-0.2, -0.15) is 0 Å². The number of amides is 2. The third-order valence-corrected chi connectivity index (χ3v) is 1.50. The van der Waals surface area contributed by atoms with Crippen molar-refractivity contribution >= 4 is 11.8 Å².